The van der Waals surface area contributed by atoms with Gasteiger partial charge >= 0.3 is 0 Å². The van der Waals surface area contributed by atoms with Crippen molar-refractivity contribution in [1.29, 1.82) is 0 Å². The van der Waals surface area contributed by atoms with Crippen molar-refractivity contribution in [3.05, 3.63) is 89.4 Å². The van der Waals surface area contributed by atoms with Gasteiger partial charge in [-0.1, -0.05) is 29.8 Å². The molecule has 1 unspecified atom stereocenters. The molecule has 0 aliphatic carbocycles. The van der Waals surface area contributed by atoms with Crippen molar-refractivity contribution in [3.63, 3.8) is 0 Å². The molecular weight excluding hydrogens is 446 g/mol. The van der Waals surface area contributed by atoms with Crippen LogP contribution in [0.4, 0.5) is 11.4 Å². The molecule has 8 heteroatoms. The second-order valence-electron chi connectivity index (χ2n) is 7.97. The summed E-state index contributed by atoms with van der Waals surface area (Å²) in [7, 11) is -1.39. The number of likely N-dealkylation sites (N-methyl/N-ethyl adjacent to an activating group) is 1. The highest BCUT2D eigenvalue weighted by Crippen LogP contribution is 2.30. The third kappa shape index (κ3) is 4.80. The summed E-state index contributed by atoms with van der Waals surface area (Å²) >= 11 is 6.06. The molecular formula is C24H24ClN3O3S. The molecule has 32 heavy (non-hydrogen) atoms. The van der Waals surface area contributed by atoms with E-state index in [0.717, 1.165) is 16.9 Å². The van der Waals surface area contributed by atoms with Crippen LogP contribution in [0.25, 0.3) is 0 Å². The zero-order chi connectivity index (χ0) is 22.9. The number of rotatable bonds is 6. The Balaban J connectivity index is 1.69. The molecule has 3 aromatic carbocycles. The lowest BCUT2D eigenvalue weighted by molar-refractivity contribution is 0.0753. The average Bonchev–Trinajstić information content (AvgIpc) is 3.11. The van der Waals surface area contributed by atoms with Crippen molar-refractivity contribution >= 4 is 38.6 Å². The molecule has 1 aliphatic rings. The Morgan fingerprint density at radius 2 is 1.66 bits per heavy atom. The van der Waals surface area contributed by atoms with E-state index in [0.29, 0.717) is 10.9 Å². The summed E-state index contributed by atoms with van der Waals surface area (Å²) in [6.07, 6.45) is 1.18. The molecule has 0 bridgehead atoms. The summed E-state index contributed by atoms with van der Waals surface area (Å²) in [6, 6.07) is 23.6. The third-order valence-corrected chi connectivity index (χ3v) is 6.73. The minimum Gasteiger partial charge on any atom is -0.370 e. The Morgan fingerprint density at radius 3 is 2.25 bits per heavy atom. The lowest BCUT2D eigenvalue weighted by atomic mass is 10.1. The maximum Gasteiger partial charge on any atom is 0.194 e. The van der Waals surface area contributed by atoms with Gasteiger partial charge in [0.05, 0.1) is 18.0 Å². The van der Waals surface area contributed by atoms with E-state index in [4.69, 9.17) is 16.6 Å². The van der Waals surface area contributed by atoms with E-state index in [-0.39, 0.29) is 18.0 Å². The number of hydrogen-bond donors (Lipinski definition) is 1. The summed E-state index contributed by atoms with van der Waals surface area (Å²) in [6.45, 7) is 0.506. The number of β-amino-alcohol motifs (C(OH)–C–C–N with tert-alkyl or cyclic N) is 1. The maximum absolute atomic E-state index is 11.8. The van der Waals surface area contributed by atoms with Crippen LogP contribution in [0.5, 0.6) is 0 Å². The standard InChI is InChI=1S/C24H24ClN3O3S/c1-27(20-6-4-3-5-7-20)16-24(29)17-28(21-12-14-22(15-13-21)32(2,30)31)23(26-24)18-8-10-19(25)11-9-18/h3-15,29H,16-17H2,1-2H3. The maximum atomic E-state index is 11.8. The zero-order valence-electron chi connectivity index (χ0n) is 17.8. The average molecular weight is 470 g/mol. The SMILES string of the molecule is CN(CC1(O)CN(c2ccc(S(C)(=O)=O)cc2)C(c2ccc(Cl)cc2)=N1)c1ccccc1. The number of aliphatic imine (C=N–C) groups is 1. The van der Waals surface area contributed by atoms with Crippen LogP contribution in [0, 0.1) is 0 Å². The van der Waals surface area contributed by atoms with Crippen LogP contribution < -0.4 is 9.80 Å². The van der Waals surface area contributed by atoms with Crippen LogP contribution in [0.3, 0.4) is 0 Å². The summed E-state index contributed by atoms with van der Waals surface area (Å²) in [5.41, 5.74) is 1.15. The van der Waals surface area contributed by atoms with Crippen molar-refractivity contribution in [1.82, 2.24) is 0 Å². The third-order valence-electron chi connectivity index (χ3n) is 5.35. The largest absolute Gasteiger partial charge is 0.370 e. The Morgan fingerprint density at radius 1 is 1.03 bits per heavy atom. The number of anilines is 2. The molecule has 4 rings (SSSR count). The fourth-order valence-corrected chi connectivity index (χ4v) is 4.52. The van der Waals surface area contributed by atoms with Crippen molar-refractivity contribution < 1.29 is 13.5 Å². The zero-order valence-corrected chi connectivity index (χ0v) is 19.4. The smallest absolute Gasteiger partial charge is 0.194 e. The van der Waals surface area contributed by atoms with Gasteiger partial charge in [0.25, 0.3) is 0 Å². The molecule has 1 aliphatic heterocycles. The van der Waals surface area contributed by atoms with Gasteiger partial charge < -0.3 is 14.9 Å². The molecule has 0 fully saturated rings. The molecule has 166 valence electrons. The summed E-state index contributed by atoms with van der Waals surface area (Å²) in [4.78, 5) is 8.80. The van der Waals surface area contributed by atoms with Crippen molar-refractivity contribution in [2.45, 2.75) is 10.6 Å². The number of aliphatic hydroxyl groups is 1. The first-order valence-corrected chi connectivity index (χ1v) is 12.3. The number of hydrogen-bond acceptors (Lipinski definition) is 6. The quantitative estimate of drug-likeness (QED) is 0.594. The van der Waals surface area contributed by atoms with Crippen LogP contribution in [0.2, 0.25) is 5.02 Å². The molecule has 0 saturated carbocycles. The molecule has 6 nitrogen and oxygen atoms in total. The molecule has 1 N–H and O–H groups in total. The first-order chi connectivity index (χ1) is 15.1. The van der Waals surface area contributed by atoms with E-state index in [2.05, 4.69) is 0 Å². The van der Waals surface area contributed by atoms with Gasteiger partial charge in [0.15, 0.2) is 15.6 Å². The molecule has 1 heterocycles. The van der Waals surface area contributed by atoms with Crippen LogP contribution in [0.1, 0.15) is 5.56 Å². The van der Waals surface area contributed by atoms with Crippen LogP contribution >= 0.6 is 11.6 Å². The van der Waals surface area contributed by atoms with Gasteiger partial charge in [0, 0.05) is 35.3 Å². The minimum atomic E-state index is -3.30. The van der Waals surface area contributed by atoms with Gasteiger partial charge in [-0.3, -0.25) is 0 Å². The van der Waals surface area contributed by atoms with E-state index < -0.39 is 15.6 Å². The summed E-state index contributed by atoms with van der Waals surface area (Å²) < 4.78 is 23.7. The van der Waals surface area contributed by atoms with E-state index >= 15 is 0 Å². The molecule has 0 radical (unpaired) electrons. The highest BCUT2D eigenvalue weighted by molar-refractivity contribution is 7.90. The summed E-state index contributed by atoms with van der Waals surface area (Å²) in [5, 5.41) is 12.0. The topological polar surface area (TPSA) is 73.2 Å². The Kier molecular flexibility index (Phi) is 5.99. The molecule has 3 aromatic rings. The number of benzene rings is 3. The van der Waals surface area contributed by atoms with Crippen LogP contribution in [-0.2, 0) is 9.84 Å². The molecule has 0 spiro atoms. The lowest BCUT2D eigenvalue weighted by Gasteiger charge is -2.29. The Hall–Kier alpha value is -2.87. The fourth-order valence-electron chi connectivity index (χ4n) is 3.77. The van der Waals surface area contributed by atoms with Gasteiger partial charge in [-0.2, -0.15) is 0 Å². The van der Waals surface area contributed by atoms with Crippen LogP contribution in [0.15, 0.2) is 88.8 Å². The second-order valence-corrected chi connectivity index (χ2v) is 10.4. The molecule has 0 aromatic heterocycles. The predicted molar refractivity (Wildman–Crippen MR) is 130 cm³/mol. The minimum absolute atomic E-state index is 0.223. The van der Waals surface area contributed by atoms with Gasteiger partial charge in [-0.25, -0.2) is 13.4 Å². The highest BCUT2D eigenvalue weighted by Gasteiger charge is 2.39. The lowest BCUT2D eigenvalue weighted by Crippen LogP contribution is -2.44. The molecule has 0 saturated heterocycles. The monoisotopic (exact) mass is 469 g/mol. The Labute approximate surface area is 193 Å². The van der Waals surface area contributed by atoms with Crippen molar-refractivity contribution in [2.24, 2.45) is 4.99 Å². The van der Waals surface area contributed by atoms with Crippen molar-refractivity contribution in [2.75, 3.05) is 36.2 Å². The molecule has 0 amide bonds. The first-order valence-electron chi connectivity index (χ1n) is 10.1. The Bertz CT molecular complexity index is 1230. The number of para-hydroxylation sites is 1. The second kappa shape index (κ2) is 8.58. The summed E-state index contributed by atoms with van der Waals surface area (Å²) in [5.74, 6) is 0.595. The van der Waals surface area contributed by atoms with Gasteiger partial charge in [-0.05, 0) is 60.7 Å². The van der Waals surface area contributed by atoms with Crippen LogP contribution in [-0.4, -0.2) is 51.5 Å². The van der Waals surface area contributed by atoms with E-state index in [9.17, 15) is 13.5 Å². The van der Waals surface area contributed by atoms with Gasteiger partial charge in [0.1, 0.15) is 5.84 Å². The molecule has 1 atom stereocenters. The highest BCUT2D eigenvalue weighted by atomic mass is 35.5. The number of halogens is 1. The van der Waals surface area contributed by atoms with Crippen molar-refractivity contribution in [3.8, 4) is 0 Å². The van der Waals surface area contributed by atoms with E-state index in [1.54, 1.807) is 36.4 Å². The number of sulfone groups is 1. The number of amidine groups is 1. The predicted octanol–water partition coefficient (Wildman–Crippen LogP) is 3.84. The van der Waals surface area contributed by atoms with E-state index in [1.807, 2.05) is 59.3 Å². The van der Waals surface area contributed by atoms with Gasteiger partial charge in [-0.15, -0.1) is 0 Å². The van der Waals surface area contributed by atoms with Gasteiger partial charge in [0.2, 0.25) is 0 Å². The number of nitrogens with zero attached hydrogens (tertiary/aromatic N) is 3. The first kappa shape index (κ1) is 22.3. The fraction of sp³-hybridized carbons (Fsp3) is 0.208. The van der Waals surface area contributed by atoms with E-state index in [1.165, 1.54) is 6.26 Å². The normalized spacial score (nSPS) is 18.5.